The Labute approximate surface area is 466 Å². The number of ether oxygens (including phenoxy) is 3. The summed E-state index contributed by atoms with van der Waals surface area (Å²) in [7, 11) is -4.23. The number of unbranched alkanes of at least 4 members (excludes halogenated alkanes) is 2. The van der Waals surface area contributed by atoms with E-state index in [0.717, 1.165) is 36.0 Å². The Balaban J connectivity index is 1.53. The predicted octanol–water partition coefficient (Wildman–Crippen LogP) is 5.72. The molecule has 21 nitrogen and oxygen atoms in total. The number of carboxylic acid groups (broad SMARTS) is 1. The summed E-state index contributed by atoms with van der Waals surface area (Å²) in [6, 6.07) is 10.8. The van der Waals surface area contributed by atoms with Crippen molar-refractivity contribution in [3.05, 3.63) is 81.9 Å². The lowest BCUT2D eigenvalue weighted by atomic mass is 9.94. The largest absolute Gasteiger partial charge is 0.487 e. The van der Waals surface area contributed by atoms with Crippen LogP contribution < -0.4 is 47.5 Å². The molecule has 3 aromatic carbocycles. The number of nitrogens with zero attached hydrogens (tertiary/aromatic N) is 1. The molecule has 0 spiro atoms. The number of hydrogen-bond donors (Lipinski definition) is 9. The first-order valence-electron chi connectivity index (χ1n) is 27.1. The number of aliphatic carboxylic acids is 1. The van der Waals surface area contributed by atoms with E-state index in [4.69, 9.17) is 25.7 Å². The van der Waals surface area contributed by atoms with Gasteiger partial charge in [0.25, 0.3) is 21.8 Å². The number of aryl methyl sites for hydroxylation is 1. The predicted molar refractivity (Wildman–Crippen MR) is 303 cm³/mol. The van der Waals surface area contributed by atoms with E-state index in [2.05, 4.69) is 55.4 Å². The highest BCUT2D eigenvalue weighted by Gasteiger charge is 2.38. The normalized spacial score (nSPS) is 15.1. The van der Waals surface area contributed by atoms with E-state index in [1.54, 1.807) is 58.9 Å². The molecule has 0 aliphatic carbocycles. The van der Waals surface area contributed by atoms with Gasteiger partial charge in [0.2, 0.25) is 17.8 Å². The molecule has 5 amide bonds. The Hall–Kier alpha value is -6.78. The van der Waals surface area contributed by atoms with E-state index in [9.17, 15) is 42.3 Å². The number of rotatable bonds is 28. The SMILES string of the molecule is CCCCc1ccc(-c2ccc(C(=O)N[C@@H](CCCN=C(N)NS(=O)(=O)c3c(C)c(C)c4c(c3C)CC(C)(C)O4)C(=O)N[C@H](C(=O)N[C@@H](N)C(=O)N[C@@H](CCCCNC(=O)OC(C)(C)C)C(=O)O)C(C)OCC(C)C)cc2)cc1. The zero-order valence-electron chi connectivity index (χ0n) is 48.0. The summed E-state index contributed by atoms with van der Waals surface area (Å²) in [6.07, 6.45) is 0.867. The van der Waals surface area contributed by atoms with Gasteiger partial charge in [-0.1, -0.05) is 63.6 Å². The third kappa shape index (κ3) is 19.8. The van der Waals surface area contributed by atoms with Crippen LogP contribution in [0, 0.1) is 26.7 Å². The third-order valence-corrected chi connectivity index (χ3v) is 14.8. The zero-order chi connectivity index (χ0) is 59.0. The second-order valence-electron chi connectivity index (χ2n) is 22.2. The van der Waals surface area contributed by atoms with Gasteiger partial charge >= 0.3 is 12.1 Å². The van der Waals surface area contributed by atoms with Crippen molar-refractivity contribution in [3.63, 3.8) is 0 Å². The van der Waals surface area contributed by atoms with Crippen LogP contribution in [0.4, 0.5) is 4.79 Å². The molecule has 4 rings (SSSR count). The first-order valence-corrected chi connectivity index (χ1v) is 28.5. The number of nitrogens with one attached hydrogen (secondary N) is 6. The quantitative estimate of drug-likeness (QED) is 0.0182. The maximum atomic E-state index is 14.4. The minimum Gasteiger partial charge on any atom is -0.487 e. The van der Waals surface area contributed by atoms with Crippen molar-refractivity contribution in [2.75, 3.05) is 19.7 Å². The molecule has 0 fully saturated rings. The van der Waals surface area contributed by atoms with Crippen LogP contribution in [0.5, 0.6) is 5.75 Å². The molecule has 0 radical (unpaired) electrons. The molecular weight excluding hydrogens is 1030 g/mol. The zero-order valence-corrected chi connectivity index (χ0v) is 48.8. The molecule has 79 heavy (non-hydrogen) atoms. The second kappa shape index (κ2) is 28.9. The number of carbonyl (C=O) groups is 6. The fraction of sp³-hybridized carbons (Fsp3) is 0.561. The van der Waals surface area contributed by atoms with Crippen LogP contribution in [0.25, 0.3) is 11.1 Å². The monoisotopic (exact) mass is 1120 g/mol. The first kappa shape index (κ1) is 64.7. The molecule has 3 aromatic rings. The van der Waals surface area contributed by atoms with Crippen molar-refractivity contribution in [3.8, 4) is 16.9 Å². The van der Waals surface area contributed by atoms with Crippen molar-refractivity contribution in [1.29, 1.82) is 0 Å². The number of amides is 5. The number of benzene rings is 3. The van der Waals surface area contributed by atoms with Gasteiger partial charge in [0.1, 0.15) is 35.1 Å². The molecule has 1 aliphatic rings. The Bertz CT molecular complexity index is 2760. The topological polar surface area (TPSA) is 321 Å². The summed E-state index contributed by atoms with van der Waals surface area (Å²) in [4.78, 5) is 84.2. The van der Waals surface area contributed by atoms with E-state index < -0.39 is 93.3 Å². The highest BCUT2D eigenvalue weighted by atomic mass is 32.2. The maximum absolute atomic E-state index is 14.4. The minimum absolute atomic E-state index is 0.00423. The molecule has 22 heteroatoms. The van der Waals surface area contributed by atoms with Crippen molar-refractivity contribution in [2.24, 2.45) is 22.4 Å². The fourth-order valence-electron chi connectivity index (χ4n) is 8.83. The van der Waals surface area contributed by atoms with Gasteiger partial charge in [0, 0.05) is 37.2 Å². The van der Waals surface area contributed by atoms with Gasteiger partial charge in [-0.2, -0.15) is 0 Å². The summed E-state index contributed by atoms with van der Waals surface area (Å²) < 4.78 is 47.5. The fourth-order valence-corrected chi connectivity index (χ4v) is 10.4. The van der Waals surface area contributed by atoms with Crippen molar-refractivity contribution >= 4 is 51.7 Å². The van der Waals surface area contributed by atoms with Gasteiger partial charge in [0.05, 0.1) is 11.0 Å². The second-order valence-corrected chi connectivity index (χ2v) is 23.8. The Morgan fingerprint density at radius 2 is 1.42 bits per heavy atom. The molecule has 1 aliphatic heterocycles. The standard InChI is InChI=1S/C57H85N9O12S/c1-13-14-18-38-21-23-39(24-22-38)40-25-27-41(28-26-40)49(67)62-43(20-17-30-60-54(59)66-79(74,75)47-35(5)34(4)46-42(36(47)6)31-57(11,12)77-46)50(68)64-45(37(7)76-32-33(2)3)51(69)65-48(58)52(70)63-44(53(71)72)19-15-16-29-61-55(73)78-56(8,9)10/h21-28,33,37,43-45,48H,13-20,29-32,58H2,1-12H3,(H,61,73)(H,62,67)(H,63,70)(H,64,68)(H,65,69)(H,71,72)(H3,59,60,66)/t37?,43-,44-,45-,48+/m0/s1. The van der Waals surface area contributed by atoms with Gasteiger partial charge in [0.15, 0.2) is 6.17 Å². The Kier molecular flexibility index (Phi) is 23.7. The summed E-state index contributed by atoms with van der Waals surface area (Å²) in [5.74, 6) is -4.48. The minimum atomic E-state index is -4.23. The number of guanidine groups is 1. The summed E-state index contributed by atoms with van der Waals surface area (Å²) in [6.45, 7) is 22.0. The number of alkyl carbamates (subject to hydrolysis) is 1. The van der Waals surface area contributed by atoms with E-state index in [1.807, 2.05) is 46.8 Å². The number of nitrogens with two attached hydrogens (primary N) is 2. The number of fused-ring (bicyclic) bond motifs is 1. The average Bonchev–Trinajstić information content (AvgIpc) is 3.71. The molecule has 0 aromatic heterocycles. The average molecular weight is 1120 g/mol. The molecule has 11 N–H and O–H groups in total. The van der Waals surface area contributed by atoms with Crippen LogP contribution in [-0.2, 0) is 51.5 Å². The summed E-state index contributed by atoms with van der Waals surface area (Å²) in [5, 5.41) is 22.6. The van der Waals surface area contributed by atoms with Crippen LogP contribution in [0.3, 0.4) is 0 Å². The molecule has 0 saturated heterocycles. The van der Waals surface area contributed by atoms with Crippen LogP contribution in [0.1, 0.15) is 145 Å². The highest BCUT2D eigenvalue weighted by Crippen LogP contribution is 2.43. The van der Waals surface area contributed by atoms with E-state index in [1.165, 1.54) is 12.5 Å². The number of sulfonamides is 1. The third-order valence-electron chi connectivity index (χ3n) is 13.1. The molecule has 5 atom stereocenters. The van der Waals surface area contributed by atoms with E-state index in [-0.39, 0.29) is 61.8 Å². The van der Waals surface area contributed by atoms with Crippen molar-refractivity contribution in [2.45, 2.75) is 187 Å². The first-order chi connectivity index (χ1) is 36.9. The maximum Gasteiger partial charge on any atom is 0.407 e. The smallest absolute Gasteiger partial charge is 0.407 e. The summed E-state index contributed by atoms with van der Waals surface area (Å²) in [5.41, 5.74) is 16.9. The van der Waals surface area contributed by atoms with Crippen molar-refractivity contribution < 1.29 is 56.5 Å². The van der Waals surface area contributed by atoms with Gasteiger partial charge in [-0.05, 0) is 159 Å². The lowest BCUT2D eigenvalue weighted by Gasteiger charge is -2.28. The van der Waals surface area contributed by atoms with Gasteiger partial charge in [-0.15, -0.1) is 0 Å². The Morgan fingerprint density at radius 1 is 0.797 bits per heavy atom. The van der Waals surface area contributed by atoms with Crippen LogP contribution >= 0.6 is 0 Å². The van der Waals surface area contributed by atoms with E-state index >= 15 is 0 Å². The number of hydrogen-bond acceptors (Lipinski definition) is 13. The highest BCUT2D eigenvalue weighted by molar-refractivity contribution is 7.90. The van der Waals surface area contributed by atoms with Crippen LogP contribution in [-0.4, -0.2) is 116 Å². The molecule has 0 bridgehead atoms. The van der Waals surface area contributed by atoms with E-state index in [0.29, 0.717) is 35.3 Å². The van der Waals surface area contributed by atoms with Crippen LogP contribution in [0.2, 0.25) is 0 Å². The van der Waals surface area contributed by atoms with Gasteiger partial charge in [-0.25, -0.2) is 22.7 Å². The molecular formula is C57H85N9O12S. The number of carbonyl (C=O) groups excluding carboxylic acids is 5. The lowest BCUT2D eigenvalue weighted by Crippen LogP contribution is -2.62. The Morgan fingerprint density at radius 3 is 2.01 bits per heavy atom. The summed E-state index contributed by atoms with van der Waals surface area (Å²) >= 11 is 0. The van der Waals surface area contributed by atoms with Gasteiger partial charge in [-0.3, -0.25) is 24.2 Å². The van der Waals surface area contributed by atoms with Crippen molar-refractivity contribution in [1.82, 2.24) is 31.3 Å². The molecule has 1 unspecified atom stereocenters. The van der Waals surface area contributed by atoms with Gasteiger partial charge < -0.3 is 57.4 Å². The lowest BCUT2D eigenvalue weighted by molar-refractivity contribution is -0.142. The molecule has 0 saturated carbocycles. The number of carboxylic acids is 1. The number of aliphatic imine (C=N–C) groups is 1. The van der Waals surface area contributed by atoms with Crippen LogP contribution in [0.15, 0.2) is 58.4 Å². The molecule has 1 heterocycles. The molecule has 436 valence electrons.